The normalized spacial score (nSPS) is 12.6. The molecule has 2 aromatic carbocycles. The van der Waals surface area contributed by atoms with E-state index in [-0.39, 0.29) is 0 Å². The lowest BCUT2D eigenvalue weighted by Gasteiger charge is -2.02. The maximum atomic E-state index is 15.1. The van der Waals surface area contributed by atoms with Crippen molar-refractivity contribution in [3.63, 3.8) is 0 Å². The van der Waals surface area contributed by atoms with Crippen molar-refractivity contribution in [2.45, 2.75) is 0 Å². The van der Waals surface area contributed by atoms with Gasteiger partial charge in [-0.1, -0.05) is 0 Å². The summed E-state index contributed by atoms with van der Waals surface area (Å²) < 4.78 is 98.5. The number of nitrogens with zero attached hydrogens (tertiary/aromatic N) is 6. The van der Waals surface area contributed by atoms with Gasteiger partial charge in [0.2, 0.25) is 11.1 Å². The summed E-state index contributed by atoms with van der Waals surface area (Å²) in [6, 6.07) is 3.97. The first-order chi connectivity index (χ1) is 16.2. The summed E-state index contributed by atoms with van der Waals surface area (Å²) in [5.74, 6) is -12.3. The molecule has 4 aromatic rings. The first-order valence-corrected chi connectivity index (χ1v) is 8.46. The van der Waals surface area contributed by atoms with Gasteiger partial charge >= 0.3 is 5.70 Å². The third-order valence-corrected chi connectivity index (χ3v) is 4.44. The largest absolute Gasteiger partial charge is 0.443 e. The van der Waals surface area contributed by atoms with Crippen molar-refractivity contribution in [1.82, 2.24) is 9.97 Å². The van der Waals surface area contributed by atoms with E-state index in [1.807, 2.05) is 0 Å². The fraction of sp³-hybridized carbons (Fsp3) is 0. The van der Waals surface area contributed by atoms with Gasteiger partial charge in [0.1, 0.15) is 12.1 Å². The molecule has 0 aliphatic heterocycles. The Bertz CT molecular complexity index is 1810. The standard InChI is InChI=1S/C20F6N6O2/c1-30-6(4-29)20-32-16-14(26)10(22)8(12(24)18(16)34-20)7-9(21)13(25)15-17(11(7)23)33-19(31-15)5(2-27)3-28/b8-7+,20-6+. The van der Waals surface area contributed by atoms with E-state index in [0.29, 0.717) is 0 Å². The van der Waals surface area contributed by atoms with Crippen molar-refractivity contribution in [2.75, 3.05) is 0 Å². The van der Waals surface area contributed by atoms with Crippen molar-refractivity contribution in [3.8, 4) is 18.2 Å². The van der Waals surface area contributed by atoms with Gasteiger partial charge in [-0.15, -0.1) is 0 Å². The average Bonchev–Trinajstić information content (AvgIpc) is 3.46. The van der Waals surface area contributed by atoms with Crippen molar-refractivity contribution < 1.29 is 35.2 Å². The lowest BCUT2D eigenvalue weighted by molar-refractivity contribution is 0.466. The number of hydrogen-bond donors (Lipinski definition) is 0. The Kier molecular flexibility index (Phi) is 4.93. The van der Waals surface area contributed by atoms with Crippen LogP contribution >= 0.6 is 0 Å². The number of fused-ring (bicyclic) bond motifs is 2. The highest BCUT2D eigenvalue weighted by Gasteiger charge is 2.27. The lowest BCUT2D eigenvalue weighted by atomic mass is 10.1. The molecular weight excluding hydrogens is 470 g/mol. The zero-order valence-electron chi connectivity index (χ0n) is 15.8. The summed E-state index contributed by atoms with van der Waals surface area (Å²) in [5.41, 5.74) is -8.25. The Labute approximate surface area is 181 Å². The molecule has 0 saturated heterocycles. The second-order valence-corrected chi connectivity index (χ2v) is 6.20. The van der Waals surface area contributed by atoms with Gasteiger partial charge in [0.25, 0.3) is 0 Å². The molecule has 2 heterocycles. The van der Waals surface area contributed by atoms with Crippen LogP contribution in [0.3, 0.4) is 0 Å². The summed E-state index contributed by atoms with van der Waals surface area (Å²) in [4.78, 5) is 9.34. The van der Waals surface area contributed by atoms with Gasteiger partial charge < -0.3 is 8.83 Å². The predicted octanol–water partition coefficient (Wildman–Crippen LogP) is 2.84. The van der Waals surface area contributed by atoms with Gasteiger partial charge in [-0.25, -0.2) is 46.4 Å². The van der Waals surface area contributed by atoms with E-state index in [0.717, 1.165) is 0 Å². The highest BCUT2D eigenvalue weighted by atomic mass is 19.2. The summed E-state index contributed by atoms with van der Waals surface area (Å²) in [6.45, 7) is 6.82. The Morgan fingerprint density at radius 1 is 0.676 bits per heavy atom. The molecule has 2 aromatic heterocycles. The van der Waals surface area contributed by atoms with Gasteiger partial charge in [-0.05, 0) is 0 Å². The number of aromatic nitrogens is 2. The van der Waals surface area contributed by atoms with Crippen LogP contribution < -0.4 is 11.1 Å². The van der Waals surface area contributed by atoms with E-state index in [1.165, 1.54) is 18.2 Å². The van der Waals surface area contributed by atoms with E-state index < -0.39 is 89.9 Å². The molecule has 0 atom stereocenters. The molecule has 4 rings (SSSR count). The van der Waals surface area contributed by atoms with E-state index in [2.05, 4.69) is 14.8 Å². The van der Waals surface area contributed by atoms with Gasteiger partial charge in [0.15, 0.2) is 62.7 Å². The van der Waals surface area contributed by atoms with E-state index in [1.54, 1.807) is 0 Å². The highest BCUT2D eigenvalue weighted by molar-refractivity contribution is 5.78. The molecule has 8 nitrogen and oxygen atoms in total. The minimum absolute atomic E-state index is 0.847. The quantitative estimate of drug-likeness (QED) is 0.220. The molecule has 164 valence electrons. The second kappa shape index (κ2) is 7.66. The first kappa shape index (κ1) is 21.9. The van der Waals surface area contributed by atoms with Crippen LogP contribution in [0.1, 0.15) is 0 Å². The number of nitriles is 3. The van der Waals surface area contributed by atoms with Crippen LogP contribution in [0.2, 0.25) is 0 Å². The van der Waals surface area contributed by atoms with E-state index in [4.69, 9.17) is 31.2 Å². The van der Waals surface area contributed by atoms with Crippen LogP contribution in [0.25, 0.3) is 38.3 Å². The summed E-state index contributed by atoms with van der Waals surface area (Å²) in [7, 11) is 0. The highest BCUT2D eigenvalue weighted by Crippen LogP contribution is 2.28. The smallest absolute Gasteiger partial charge is 0.322 e. The molecule has 0 aliphatic rings. The van der Waals surface area contributed by atoms with Crippen molar-refractivity contribution in [3.05, 3.63) is 67.8 Å². The molecule has 0 N–H and O–H groups in total. The van der Waals surface area contributed by atoms with Gasteiger partial charge in [-0.3, -0.25) is 0 Å². The van der Waals surface area contributed by atoms with Crippen LogP contribution in [0.15, 0.2) is 8.83 Å². The molecule has 34 heavy (non-hydrogen) atoms. The first-order valence-electron chi connectivity index (χ1n) is 8.46. The number of oxazole rings is 2. The molecular formula is C20F6N6O2. The lowest BCUT2D eigenvalue weighted by Crippen LogP contribution is -2.04. The van der Waals surface area contributed by atoms with Gasteiger partial charge in [-0.2, -0.15) is 10.5 Å². The number of halogens is 6. The van der Waals surface area contributed by atoms with Crippen LogP contribution in [0, 0.1) is 85.9 Å². The minimum Gasteiger partial charge on any atom is -0.443 e. The fourth-order valence-corrected chi connectivity index (χ4v) is 2.97. The minimum atomic E-state index is -2.21. The molecule has 0 radical (unpaired) electrons. The third-order valence-electron chi connectivity index (χ3n) is 4.44. The molecule has 0 amide bonds. The molecule has 0 aliphatic carbocycles. The predicted molar refractivity (Wildman–Crippen MR) is 94.9 cm³/mol. The van der Waals surface area contributed by atoms with Crippen LogP contribution in [-0.2, 0) is 0 Å². The Morgan fingerprint density at radius 3 is 1.53 bits per heavy atom. The zero-order chi connectivity index (χ0) is 24.9. The number of hydrogen-bond acceptors (Lipinski definition) is 7. The molecule has 0 saturated carbocycles. The number of benzene rings is 2. The van der Waals surface area contributed by atoms with Gasteiger partial charge in [0.05, 0.1) is 23.1 Å². The number of rotatable bonds is 0. The summed E-state index contributed by atoms with van der Waals surface area (Å²) in [5, 5.41) is 23.0. The molecule has 14 heteroatoms. The fourth-order valence-electron chi connectivity index (χ4n) is 2.97. The molecule has 0 spiro atoms. The Balaban J connectivity index is 2.37. The van der Waals surface area contributed by atoms with Crippen LogP contribution in [0.5, 0.6) is 0 Å². The maximum absolute atomic E-state index is 15.1. The third kappa shape index (κ3) is 2.84. The monoisotopic (exact) mass is 470 g/mol. The van der Waals surface area contributed by atoms with Crippen LogP contribution in [0.4, 0.5) is 26.3 Å². The molecule has 0 bridgehead atoms. The van der Waals surface area contributed by atoms with Crippen LogP contribution in [-0.4, -0.2) is 9.97 Å². The Hall–Kier alpha value is -5.34. The Morgan fingerprint density at radius 2 is 1.12 bits per heavy atom. The molecule has 0 unspecified atom stereocenters. The summed E-state index contributed by atoms with van der Waals surface area (Å²) >= 11 is 0. The van der Waals surface area contributed by atoms with Crippen molar-refractivity contribution >= 4 is 33.5 Å². The van der Waals surface area contributed by atoms with Crippen molar-refractivity contribution in [2.24, 2.45) is 0 Å². The average molecular weight is 470 g/mol. The zero-order valence-corrected chi connectivity index (χ0v) is 15.8. The SMILES string of the molecule is [C-]#[N+]/C(C#N)=c1\nc2c(F)c(F)/c(=c3/c(F)c(F)c4nc(=C(C#N)C#N)oc4c3F)c(F)c2o1. The van der Waals surface area contributed by atoms with E-state index >= 15 is 8.78 Å². The topological polar surface area (TPSA) is 128 Å². The van der Waals surface area contributed by atoms with Gasteiger partial charge in [0, 0.05) is 0 Å². The summed E-state index contributed by atoms with van der Waals surface area (Å²) in [6.07, 6.45) is 0. The molecule has 0 fully saturated rings. The van der Waals surface area contributed by atoms with Crippen molar-refractivity contribution in [1.29, 1.82) is 15.8 Å². The maximum Gasteiger partial charge on any atom is 0.322 e. The second-order valence-electron chi connectivity index (χ2n) is 6.20. The van der Waals surface area contributed by atoms with E-state index in [9.17, 15) is 17.6 Å².